The summed E-state index contributed by atoms with van der Waals surface area (Å²) in [5.41, 5.74) is 4.13. The van der Waals surface area contributed by atoms with E-state index in [1.165, 1.54) is 12.1 Å². The first-order valence-electron chi connectivity index (χ1n) is 8.38. The summed E-state index contributed by atoms with van der Waals surface area (Å²) >= 11 is 0. The van der Waals surface area contributed by atoms with Gasteiger partial charge in [-0.1, -0.05) is 61.4 Å². The summed E-state index contributed by atoms with van der Waals surface area (Å²) in [4.78, 5) is 12.3. The van der Waals surface area contributed by atoms with Crippen LogP contribution in [-0.2, 0) is 30.5 Å². The predicted octanol–water partition coefficient (Wildman–Crippen LogP) is 3.12. The van der Waals surface area contributed by atoms with Crippen molar-refractivity contribution in [2.24, 2.45) is 0 Å². The molecule has 0 aromatic heterocycles. The number of hydrogen-bond acceptors (Lipinski definition) is 6. The Morgan fingerprint density at radius 2 is 1.73 bits per heavy atom. The molecule has 2 rings (SSSR count). The van der Waals surface area contributed by atoms with Gasteiger partial charge in [-0.3, -0.25) is 4.79 Å². The number of ether oxygens (including phenoxy) is 1. The normalized spacial score (nSPS) is 12.5. The maximum absolute atomic E-state index is 12.2. The lowest BCUT2D eigenvalue weighted by Gasteiger charge is -2.16. The highest BCUT2D eigenvalue weighted by Gasteiger charge is 2.23. The largest absolute Gasteiger partial charge is 0.460 e. The fraction of sp³-hybridized carbons (Fsp3) is 0.316. The summed E-state index contributed by atoms with van der Waals surface area (Å²) in [6.45, 7) is 3.86. The van der Waals surface area contributed by atoms with Gasteiger partial charge in [0.1, 0.15) is 12.6 Å². The summed E-state index contributed by atoms with van der Waals surface area (Å²) in [5, 5.41) is 0. The number of rotatable bonds is 9. The monoisotopic (exact) mass is 377 g/mol. The first kappa shape index (κ1) is 20.1. The highest BCUT2D eigenvalue weighted by molar-refractivity contribution is 7.86. The van der Waals surface area contributed by atoms with Gasteiger partial charge in [-0.15, -0.1) is 0 Å². The topological polar surface area (TPSA) is 81.7 Å². The van der Waals surface area contributed by atoms with Gasteiger partial charge in [-0.2, -0.15) is 18.2 Å². The Morgan fingerprint density at radius 1 is 1.08 bits per heavy atom. The fourth-order valence-corrected chi connectivity index (χ4v) is 3.03. The molecule has 0 saturated carbocycles. The molecular formula is C19H23NO5S. The molecule has 140 valence electrons. The molecular weight excluding hydrogens is 354 g/mol. The van der Waals surface area contributed by atoms with Gasteiger partial charge in [0, 0.05) is 0 Å². The van der Waals surface area contributed by atoms with E-state index < -0.39 is 22.1 Å². The lowest BCUT2D eigenvalue weighted by molar-refractivity contribution is -0.150. The zero-order valence-corrected chi connectivity index (χ0v) is 15.7. The Labute approximate surface area is 154 Å². The van der Waals surface area contributed by atoms with Crippen LogP contribution in [0.4, 0.5) is 0 Å². The predicted molar refractivity (Wildman–Crippen MR) is 97.5 cm³/mol. The summed E-state index contributed by atoms with van der Waals surface area (Å²) in [6, 6.07) is 14.6. The number of carbonyl (C=O) groups is 1. The van der Waals surface area contributed by atoms with Gasteiger partial charge in [0.25, 0.3) is 0 Å². The quantitative estimate of drug-likeness (QED) is 0.534. The third kappa shape index (κ3) is 5.94. The second kappa shape index (κ2) is 9.47. The molecule has 0 radical (unpaired) electrons. The van der Waals surface area contributed by atoms with Crippen LogP contribution in [0.2, 0.25) is 0 Å². The zero-order chi connectivity index (χ0) is 19.0. The van der Waals surface area contributed by atoms with Crippen molar-refractivity contribution in [3.05, 3.63) is 65.7 Å². The smallest absolute Gasteiger partial charge is 0.325 e. The van der Waals surface area contributed by atoms with Crippen LogP contribution in [0, 0.1) is 6.92 Å². The maximum Gasteiger partial charge on any atom is 0.325 e. The van der Waals surface area contributed by atoms with Gasteiger partial charge >= 0.3 is 16.1 Å². The SMILES string of the molecule is CCC[C@@H](NOS(=O)(=O)c1ccc(C)cc1)C(=O)OCc1ccccc1. The van der Waals surface area contributed by atoms with Gasteiger partial charge in [0.05, 0.1) is 4.90 Å². The zero-order valence-electron chi connectivity index (χ0n) is 14.8. The summed E-state index contributed by atoms with van der Waals surface area (Å²) in [7, 11) is -4.01. The summed E-state index contributed by atoms with van der Waals surface area (Å²) in [6.07, 6.45) is 1.04. The van der Waals surface area contributed by atoms with Crippen LogP contribution in [-0.4, -0.2) is 20.4 Å². The van der Waals surface area contributed by atoms with Gasteiger partial charge < -0.3 is 4.74 Å². The van der Waals surface area contributed by atoms with Gasteiger partial charge in [0.15, 0.2) is 0 Å². The Hall–Kier alpha value is -2.22. The molecule has 2 aromatic rings. The van der Waals surface area contributed by atoms with Gasteiger partial charge in [0.2, 0.25) is 0 Å². The van der Waals surface area contributed by atoms with E-state index in [9.17, 15) is 13.2 Å². The van der Waals surface area contributed by atoms with E-state index in [-0.39, 0.29) is 11.5 Å². The average Bonchev–Trinajstić information content (AvgIpc) is 2.64. The van der Waals surface area contributed by atoms with E-state index in [1.807, 2.05) is 44.2 Å². The van der Waals surface area contributed by atoms with Crippen molar-refractivity contribution in [2.75, 3.05) is 0 Å². The van der Waals surface area contributed by atoms with Crippen LogP contribution in [0.1, 0.15) is 30.9 Å². The molecule has 0 bridgehead atoms. The van der Waals surface area contributed by atoms with Crippen LogP contribution in [0.5, 0.6) is 0 Å². The number of esters is 1. The molecule has 7 heteroatoms. The molecule has 2 aromatic carbocycles. The van der Waals surface area contributed by atoms with Crippen LogP contribution in [0.15, 0.2) is 59.5 Å². The Morgan fingerprint density at radius 3 is 2.35 bits per heavy atom. The van der Waals surface area contributed by atoms with Crippen molar-refractivity contribution >= 4 is 16.1 Å². The first-order chi connectivity index (χ1) is 12.4. The van der Waals surface area contributed by atoms with Crippen molar-refractivity contribution in [2.45, 2.75) is 44.2 Å². The second-order valence-electron chi connectivity index (χ2n) is 5.90. The van der Waals surface area contributed by atoms with Crippen LogP contribution in [0.3, 0.4) is 0 Å². The first-order valence-corrected chi connectivity index (χ1v) is 9.79. The molecule has 0 aliphatic rings. The molecule has 0 spiro atoms. The molecule has 0 saturated heterocycles. The van der Waals surface area contributed by atoms with E-state index in [2.05, 4.69) is 5.48 Å². The minimum Gasteiger partial charge on any atom is -0.460 e. The fourth-order valence-electron chi connectivity index (χ4n) is 2.22. The number of aryl methyl sites for hydroxylation is 1. The van der Waals surface area contributed by atoms with Crippen molar-refractivity contribution < 1.29 is 22.2 Å². The molecule has 0 aliphatic carbocycles. The average molecular weight is 377 g/mol. The number of carbonyl (C=O) groups excluding carboxylic acids is 1. The number of benzene rings is 2. The van der Waals surface area contributed by atoms with E-state index in [1.54, 1.807) is 12.1 Å². The third-order valence-electron chi connectivity index (χ3n) is 3.70. The molecule has 0 fully saturated rings. The van der Waals surface area contributed by atoms with E-state index >= 15 is 0 Å². The molecule has 1 atom stereocenters. The standard InChI is InChI=1S/C19H23NO5S/c1-3-7-18(19(21)24-14-16-8-5-4-6-9-16)20-25-26(22,23)17-12-10-15(2)11-13-17/h4-6,8-13,18,20H,3,7,14H2,1-2H3/t18-/m1/s1. The maximum atomic E-state index is 12.2. The minimum absolute atomic E-state index is 0.0171. The number of hydrogen-bond donors (Lipinski definition) is 1. The van der Waals surface area contributed by atoms with Crippen molar-refractivity contribution in [3.63, 3.8) is 0 Å². The lowest BCUT2D eigenvalue weighted by atomic mass is 10.2. The second-order valence-corrected chi connectivity index (χ2v) is 7.45. The molecule has 0 unspecified atom stereocenters. The van der Waals surface area contributed by atoms with Crippen molar-refractivity contribution in [3.8, 4) is 0 Å². The highest BCUT2D eigenvalue weighted by atomic mass is 32.2. The Kier molecular flexibility index (Phi) is 7.32. The summed E-state index contributed by atoms with van der Waals surface area (Å²) < 4.78 is 34.6. The molecule has 6 nitrogen and oxygen atoms in total. The van der Waals surface area contributed by atoms with E-state index in [0.29, 0.717) is 12.8 Å². The molecule has 1 N–H and O–H groups in total. The van der Waals surface area contributed by atoms with Gasteiger partial charge in [-0.05, 0) is 31.0 Å². The van der Waals surface area contributed by atoms with Gasteiger partial charge in [-0.25, -0.2) is 0 Å². The van der Waals surface area contributed by atoms with E-state index in [0.717, 1.165) is 11.1 Å². The van der Waals surface area contributed by atoms with Crippen molar-refractivity contribution in [1.29, 1.82) is 0 Å². The molecule has 0 heterocycles. The lowest BCUT2D eigenvalue weighted by Crippen LogP contribution is -2.39. The minimum atomic E-state index is -4.01. The molecule has 0 aliphatic heterocycles. The third-order valence-corrected chi connectivity index (χ3v) is 4.86. The number of hydroxylamine groups is 1. The van der Waals surface area contributed by atoms with Crippen molar-refractivity contribution in [1.82, 2.24) is 5.48 Å². The molecule has 26 heavy (non-hydrogen) atoms. The Bertz CT molecular complexity index is 804. The summed E-state index contributed by atoms with van der Waals surface area (Å²) in [5.74, 6) is -0.560. The van der Waals surface area contributed by atoms with Crippen LogP contribution in [0.25, 0.3) is 0 Å². The Balaban J connectivity index is 1.96. The highest BCUT2D eigenvalue weighted by Crippen LogP contribution is 2.13. The van der Waals surface area contributed by atoms with Crippen LogP contribution >= 0.6 is 0 Å². The van der Waals surface area contributed by atoms with Crippen LogP contribution < -0.4 is 5.48 Å². The van der Waals surface area contributed by atoms with E-state index in [4.69, 9.17) is 9.02 Å². The number of nitrogens with one attached hydrogen (secondary N) is 1. The molecule has 0 amide bonds.